The molecule has 3 unspecified atom stereocenters. The van der Waals surface area contributed by atoms with E-state index in [-0.39, 0.29) is 41.6 Å². The van der Waals surface area contributed by atoms with Gasteiger partial charge in [-0.2, -0.15) is 0 Å². The average molecular weight is 496 g/mol. The number of anilines is 1. The van der Waals surface area contributed by atoms with Gasteiger partial charge in [-0.25, -0.2) is 0 Å². The van der Waals surface area contributed by atoms with Crippen LogP contribution in [0.25, 0.3) is 0 Å². The van der Waals surface area contributed by atoms with E-state index in [1.807, 2.05) is 65.4 Å². The second kappa shape index (κ2) is 10.9. The Balaban J connectivity index is 1.50. The first kappa shape index (κ1) is 25.4. The molecular weight excluding hydrogens is 458 g/mol. The van der Waals surface area contributed by atoms with E-state index >= 15 is 0 Å². The van der Waals surface area contributed by atoms with E-state index < -0.39 is 0 Å². The van der Waals surface area contributed by atoms with Gasteiger partial charge in [-0.05, 0) is 62.6 Å². The first-order chi connectivity index (χ1) is 16.8. The molecule has 0 bridgehead atoms. The first-order valence-electron chi connectivity index (χ1n) is 12.8. The van der Waals surface area contributed by atoms with E-state index in [1.165, 1.54) is 0 Å². The lowest BCUT2D eigenvalue weighted by Gasteiger charge is -2.43. The number of hydrogen-bond acceptors (Lipinski definition) is 4. The van der Waals surface area contributed by atoms with Crippen LogP contribution in [0.3, 0.4) is 0 Å². The van der Waals surface area contributed by atoms with Gasteiger partial charge in [0.25, 0.3) is 0 Å². The molecule has 3 amide bonds. The minimum Gasteiger partial charge on any atom is -0.353 e. The molecule has 3 atom stereocenters. The number of piperidine rings is 2. The number of amides is 3. The van der Waals surface area contributed by atoms with Gasteiger partial charge in [0, 0.05) is 42.0 Å². The van der Waals surface area contributed by atoms with E-state index in [0.29, 0.717) is 44.7 Å². The first-order valence-corrected chi connectivity index (χ1v) is 13.7. The zero-order chi connectivity index (χ0) is 25.1. The van der Waals surface area contributed by atoms with Crippen molar-refractivity contribution in [1.29, 1.82) is 0 Å². The molecular formula is C28H37N3O3S. The van der Waals surface area contributed by atoms with E-state index in [1.54, 1.807) is 11.3 Å². The number of likely N-dealkylation sites (tertiary alicyclic amines) is 1. The van der Waals surface area contributed by atoms with Crippen molar-refractivity contribution >= 4 is 34.7 Å². The Morgan fingerprint density at radius 3 is 2.31 bits per heavy atom. The van der Waals surface area contributed by atoms with Crippen molar-refractivity contribution in [1.82, 2.24) is 10.2 Å². The van der Waals surface area contributed by atoms with Crippen molar-refractivity contribution in [3.8, 4) is 0 Å². The smallest absolute Gasteiger partial charge is 0.228 e. The molecule has 0 saturated carbocycles. The van der Waals surface area contributed by atoms with Gasteiger partial charge in [-0.15, -0.1) is 11.3 Å². The van der Waals surface area contributed by atoms with Gasteiger partial charge >= 0.3 is 0 Å². The van der Waals surface area contributed by atoms with E-state index in [9.17, 15) is 14.4 Å². The minimum absolute atomic E-state index is 0.0506. The molecule has 35 heavy (non-hydrogen) atoms. The average Bonchev–Trinajstić information content (AvgIpc) is 3.39. The molecule has 0 radical (unpaired) electrons. The van der Waals surface area contributed by atoms with Crippen LogP contribution in [0.15, 0.2) is 41.8 Å². The van der Waals surface area contributed by atoms with Gasteiger partial charge in [-0.1, -0.05) is 37.6 Å². The van der Waals surface area contributed by atoms with E-state index in [4.69, 9.17) is 0 Å². The lowest BCUT2D eigenvalue weighted by atomic mass is 9.85. The molecule has 0 spiro atoms. The third-order valence-corrected chi connectivity index (χ3v) is 8.55. The fourth-order valence-electron chi connectivity index (χ4n) is 5.05. The number of nitrogens with one attached hydrogen (secondary N) is 1. The summed E-state index contributed by atoms with van der Waals surface area (Å²) in [6.07, 6.45) is 2.27. The van der Waals surface area contributed by atoms with Crippen LogP contribution in [-0.4, -0.2) is 41.8 Å². The van der Waals surface area contributed by atoms with Crippen LogP contribution in [0.2, 0.25) is 0 Å². The molecule has 1 aromatic carbocycles. The quantitative estimate of drug-likeness (QED) is 0.617. The summed E-state index contributed by atoms with van der Waals surface area (Å²) < 4.78 is 0. The predicted octanol–water partition coefficient (Wildman–Crippen LogP) is 4.94. The third-order valence-electron chi connectivity index (χ3n) is 7.61. The number of nitrogens with zero attached hydrogens (tertiary/aromatic N) is 2. The highest BCUT2D eigenvalue weighted by Crippen LogP contribution is 2.42. The maximum Gasteiger partial charge on any atom is 0.228 e. The molecule has 2 fully saturated rings. The van der Waals surface area contributed by atoms with Crippen molar-refractivity contribution in [3.63, 3.8) is 0 Å². The number of carbonyl (C=O) groups excluding carboxylic acids is 3. The van der Waals surface area contributed by atoms with Gasteiger partial charge in [0.15, 0.2) is 0 Å². The van der Waals surface area contributed by atoms with Crippen LogP contribution < -0.4 is 10.2 Å². The summed E-state index contributed by atoms with van der Waals surface area (Å²) in [4.78, 5) is 44.5. The Hall–Kier alpha value is -2.67. The summed E-state index contributed by atoms with van der Waals surface area (Å²) in [6.45, 7) is 9.43. The third kappa shape index (κ3) is 5.61. The summed E-state index contributed by atoms with van der Waals surface area (Å²) in [5.74, 6) is 0.307. The highest BCUT2D eigenvalue weighted by atomic mass is 32.1. The van der Waals surface area contributed by atoms with Crippen LogP contribution in [0.5, 0.6) is 0 Å². The molecule has 1 aromatic heterocycles. The number of benzene rings is 1. The molecule has 188 valence electrons. The normalized spacial score (nSPS) is 22.4. The molecule has 0 aliphatic carbocycles. The summed E-state index contributed by atoms with van der Waals surface area (Å²) in [7, 11) is 0. The second-order valence-corrected chi connectivity index (χ2v) is 11.3. The molecule has 6 nitrogen and oxygen atoms in total. The predicted molar refractivity (Wildman–Crippen MR) is 140 cm³/mol. The molecule has 2 aromatic rings. The topological polar surface area (TPSA) is 69.7 Å². The molecule has 2 aliphatic rings. The minimum atomic E-state index is -0.306. The van der Waals surface area contributed by atoms with Crippen LogP contribution >= 0.6 is 11.3 Å². The summed E-state index contributed by atoms with van der Waals surface area (Å²) >= 11 is 1.60. The van der Waals surface area contributed by atoms with Crippen molar-refractivity contribution in [3.05, 3.63) is 52.2 Å². The lowest BCUT2D eigenvalue weighted by molar-refractivity contribution is -0.141. The largest absolute Gasteiger partial charge is 0.353 e. The number of hydrogen-bond donors (Lipinski definition) is 1. The molecule has 1 N–H and O–H groups in total. The van der Waals surface area contributed by atoms with Crippen LogP contribution in [0.4, 0.5) is 5.69 Å². The maximum absolute atomic E-state index is 13.8. The standard InChI is InChI=1S/C28H37N3O3S/c1-18(2)20(4)29-27(33)21-13-15-30(16-14-21)28(34)23-11-12-25(32)31(22-9-7-19(3)8-10-22)26(23)24-6-5-17-35-24/h5-10,17-18,20-21,23,26H,11-16H2,1-4H3,(H,29,33). The number of thiophene rings is 1. The maximum atomic E-state index is 13.8. The number of aryl methyl sites for hydroxylation is 1. The lowest BCUT2D eigenvalue weighted by Crippen LogP contribution is -2.51. The zero-order valence-corrected chi connectivity index (χ0v) is 22.0. The van der Waals surface area contributed by atoms with Gasteiger partial charge in [0.1, 0.15) is 0 Å². The molecule has 4 rings (SSSR count). The Morgan fingerprint density at radius 1 is 1.03 bits per heavy atom. The van der Waals surface area contributed by atoms with Crippen LogP contribution in [0, 0.1) is 24.7 Å². The zero-order valence-electron chi connectivity index (χ0n) is 21.2. The van der Waals surface area contributed by atoms with Gasteiger partial charge in [-0.3, -0.25) is 14.4 Å². The summed E-state index contributed by atoms with van der Waals surface area (Å²) in [6, 6.07) is 11.8. The highest BCUT2D eigenvalue weighted by Gasteiger charge is 2.44. The second-order valence-electron chi connectivity index (χ2n) is 10.3. The van der Waals surface area contributed by atoms with Crippen molar-refractivity contribution in [2.75, 3.05) is 18.0 Å². The monoisotopic (exact) mass is 495 g/mol. The Kier molecular flexibility index (Phi) is 7.95. The van der Waals surface area contributed by atoms with E-state index in [0.717, 1.165) is 16.1 Å². The van der Waals surface area contributed by atoms with Crippen LogP contribution in [0.1, 0.15) is 62.9 Å². The fourth-order valence-corrected chi connectivity index (χ4v) is 5.93. The van der Waals surface area contributed by atoms with E-state index in [2.05, 4.69) is 19.2 Å². The molecule has 3 heterocycles. The van der Waals surface area contributed by atoms with Crippen molar-refractivity contribution < 1.29 is 14.4 Å². The SMILES string of the molecule is Cc1ccc(N2C(=O)CCC(C(=O)N3CCC(C(=O)NC(C)C(C)C)CC3)C2c2cccs2)cc1. The van der Waals surface area contributed by atoms with Gasteiger partial charge in [0.05, 0.1) is 12.0 Å². The molecule has 2 saturated heterocycles. The Labute approximate surface area is 212 Å². The fraction of sp³-hybridized carbons (Fsp3) is 0.536. The van der Waals surface area contributed by atoms with Crippen molar-refractivity contribution in [2.45, 2.75) is 65.5 Å². The summed E-state index contributed by atoms with van der Waals surface area (Å²) in [5.41, 5.74) is 1.97. The molecule has 7 heteroatoms. The number of carbonyl (C=O) groups is 3. The van der Waals surface area contributed by atoms with Crippen molar-refractivity contribution in [2.24, 2.45) is 17.8 Å². The van der Waals surface area contributed by atoms with Crippen LogP contribution in [-0.2, 0) is 14.4 Å². The molecule has 2 aliphatic heterocycles. The number of rotatable bonds is 6. The Bertz CT molecular complexity index is 1030. The highest BCUT2D eigenvalue weighted by molar-refractivity contribution is 7.10. The van der Waals surface area contributed by atoms with Gasteiger partial charge < -0.3 is 15.1 Å². The van der Waals surface area contributed by atoms with Gasteiger partial charge in [0.2, 0.25) is 17.7 Å². The Morgan fingerprint density at radius 2 is 1.71 bits per heavy atom. The summed E-state index contributed by atoms with van der Waals surface area (Å²) in [5, 5.41) is 5.14.